The molecular weight excluding hydrogens is 274 g/mol. The molecule has 2 heterocycles. The molecule has 0 amide bonds. The molecule has 0 unspecified atom stereocenters. The van der Waals surface area contributed by atoms with Crippen LogP contribution in [-0.4, -0.2) is 7.69 Å². The van der Waals surface area contributed by atoms with Crippen molar-refractivity contribution in [3.63, 3.8) is 0 Å². The third-order valence-corrected chi connectivity index (χ3v) is 3.79. The van der Waals surface area contributed by atoms with Gasteiger partial charge in [0.2, 0.25) is 0 Å². The van der Waals surface area contributed by atoms with Crippen molar-refractivity contribution in [2.24, 2.45) is 0 Å². The first-order chi connectivity index (χ1) is 7.24. The van der Waals surface area contributed by atoms with Crippen LogP contribution in [0.25, 0.3) is 0 Å². The minimum absolute atomic E-state index is 0.160. The maximum absolute atomic E-state index is 5.74. The van der Waals surface area contributed by atoms with E-state index in [2.05, 4.69) is 0 Å². The Morgan fingerprint density at radius 1 is 0.867 bits per heavy atom. The van der Waals surface area contributed by atoms with Gasteiger partial charge >= 0.3 is 7.69 Å². The maximum atomic E-state index is 5.74. The lowest BCUT2D eigenvalue weighted by Crippen LogP contribution is -2.08. The topological polar surface area (TPSA) is 18.5 Å². The molecule has 0 saturated carbocycles. The molecule has 0 saturated heterocycles. The lowest BCUT2D eigenvalue weighted by Gasteiger charge is -2.01. The number of halogens is 2. The SMILES string of the molecule is Clc1ccc(OBOc2ccc(Cl)s2)s1. The average Bonchev–Trinajstić information content (AvgIpc) is 2.76. The molecule has 0 aliphatic carbocycles. The zero-order chi connectivity index (χ0) is 10.7. The lowest BCUT2D eigenvalue weighted by molar-refractivity contribution is 0.473. The van der Waals surface area contributed by atoms with Crippen molar-refractivity contribution in [3.8, 4) is 10.1 Å². The van der Waals surface area contributed by atoms with Gasteiger partial charge in [-0.05, 0) is 24.3 Å². The molecule has 2 rings (SSSR count). The quantitative estimate of drug-likeness (QED) is 0.791. The molecule has 2 nitrogen and oxygen atoms in total. The van der Waals surface area contributed by atoms with E-state index in [1.165, 1.54) is 22.7 Å². The first-order valence-electron chi connectivity index (χ1n) is 4.00. The van der Waals surface area contributed by atoms with E-state index in [9.17, 15) is 0 Å². The Balaban J connectivity index is 1.80. The Hall–Kier alpha value is -0.355. The van der Waals surface area contributed by atoms with Crippen LogP contribution in [0.15, 0.2) is 24.3 Å². The summed E-state index contributed by atoms with van der Waals surface area (Å²) in [4.78, 5) is 0. The van der Waals surface area contributed by atoms with Crippen molar-refractivity contribution in [1.82, 2.24) is 0 Å². The predicted molar refractivity (Wildman–Crippen MR) is 67.1 cm³/mol. The van der Waals surface area contributed by atoms with Gasteiger partial charge in [0.05, 0.1) is 8.67 Å². The molecule has 0 N–H and O–H groups in total. The van der Waals surface area contributed by atoms with E-state index in [0.29, 0.717) is 8.67 Å². The molecular formula is C8H5BCl2O2S2. The molecule has 0 fully saturated rings. The minimum Gasteiger partial charge on any atom is -0.521 e. The van der Waals surface area contributed by atoms with Gasteiger partial charge < -0.3 is 9.31 Å². The van der Waals surface area contributed by atoms with Gasteiger partial charge in [-0.3, -0.25) is 0 Å². The molecule has 2 aromatic rings. The third-order valence-electron chi connectivity index (χ3n) is 1.50. The van der Waals surface area contributed by atoms with Crippen LogP contribution in [-0.2, 0) is 0 Å². The fourth-order valence-electron chi connectivity index (χ4n) is 0.896. The van der Waals surface area contributed by atoms with Crippen molar-refractivity contribution >= 4 is 53.6 Å². The van der Waals surface area contributed by atoms with Gasteiger partial charge in [-0.25, -0.2) is 0 Å². The number of thiophene rings is 2. The zero-order valence-corrected chi connectivity index (χ0v) is 10.6. The average molecular weight is 279 g/mol. The second-order valence-corrected chi connectivity index (χ2v) is 5.88. The second-order valence-electron chi connectivity index (χ2n) is 2.52. The van der Waals surface area contributed by atoms with Crippen molar-refractivity contribution < 1.29 is 9.31 Å². The van der Waals surface area contributed by atoms with Crippen molar-refractivity contribution in [2.75, 3.05) is 0 Å². The number of hydrogen-bond donors (Lipinski definition) is 0. The summed E-state index contributed by atoms with van der Waals surface area (Å²) in [7, 11) is 0.160. The van der Waals surface area contributed by atoms with Crippen LogP contribution in [0.4, 0.5) is 0 Å². The first-order valence-corrected chi connectivity index (χ1v) is 6.39. The minimum atomic E-state index is 0.160. The highest BCUT2D eigenvalue weighted by molar-refractivity contribution is 7.18. The first kappa shape index (κ1) is 11.1. The predicted octanol–water partition coefficient (Wildman–Crippen LogP) is 3.84. The van der Waals surface area contributed by atoms with Crippen molar-refractivity contribution in [1.29, 1.82) is 0 Å². The van der Waals surface area contributed by atoms with Gasteiger partial charge in [-0.15, -0.1) is 0 Å². The van der Waals surface area contributed by atoms with E-state index in [-0.39, 0.29) is 7.69 Å². The van der Waals surface area contributed by atoms with Crippen LogP contribution in [0.5, 0.6) is 10.1 Å². The van der Waals surface area contributed by atoms with Crippen molar-refractivity contribution in [2.45, 2.75) is 0 Å². The Morgan fingerprint density at radius 2 is 1.33 bits per heavy atom. The molecule has 78 valence electrons. The van der Waals surface area contributed by atoms with E-state index in [0.717, 1.165) is 10.1 Å². The van der Waals surface area contributed by atoms with E-state index in [1.807, 2.05) is 0 Å². The number of hydrogen-bond acceptors (Lipinski definition) is 4. The summed E-state index contributed by atoms with van der Waals surface area (Å²) in [5.74, 6) is 0. The Bertz CT molecular complexity index is 403. The van der Waals surface area contributed by atoms with E-state index >= 15 is 0 Å². The van der Waals surface area contributed by atoms with Gasteiger partial charge in [-0.1, -0.05) is 45.9 Å². The Morgan fingerprint density at radius 3 is 1.67 bits per heavy atom. The molecule has 0 spiro atoms. The maximum Gasteiger partial charge on any atom is 0.577 e. The molecule has 0 aliphatic heterocycles. The van der Waals surface area contributed by atoms with Crippen LogP contribution in [0.1, 0.15) is 0 Å². The third kappa shape index (κ3) is 3.31. The summed E-state index contributed by atoms with van der Waals surface area (Å²) < 4.78 is 12.0. The smallest absolute Gasteiger partial charge is 0.521 e. The Kier molecular flexibility index (Phi) is 3.80. The van der Waals surface area contributed by atoms with Gasteiger partial charge in [0.15, 0.2) is 10.1 Å². The van der Waals surface area contributed by atoms with Gasteiger partial charge in [-0.2, -0.15) is 0 Å². The summed E-state index contributed by atoms with van der Waals surface area (Å²) in [6, 6.07) is 7.17. The van der Waals surface area contributed by atoms with E-state index < -0.39 is 0 Å². The van der Waals surface area contributed by atoms with Gasteiger partial charge in [0.25, 0.3) is 0 Å². The lowest BCUT2D eigenvalue weighted by atomic mass is 10.4. The second kappa shape index (κ2) is 5.12. The molecule has 0 bridgehead atoms. The highest BCUT2D eigenvalue weighted by Crippen LogP contribution is 2.29. The standard InChI is InChI=1S/C8H5BCl2O2S2/c10-5-1-3-7(14-5)12-9-13-8-4-2-6(11)15-8/h1-4,9H. The molecule has 0 aromatic carbocycles. The normalized spacial score (nSPS) is 10.0. The summed E-state index contributed by atoms with van der Waals surface area (Å²) in [6.07, 6.45) is 0. The monoisotopic (exact) mass is 278 g/mol. The summed E-state index contributed by atoms with van der Waals surface area (Å²) >= 11 is 14.2. The van der Waals surface area contributed by atoms with E-state index in [4.69, 9.17) is 32.5 Å². The van der Waals surface area contributed by atoms with Crippen LogP contribution in [0.3, 0.4) is 0 Å². The van der Waals surface area contributed by atoms with Gasteiger partial charge in [0.1, 0.15) is 0 Å². The summed E-state index contributed by atoms with van der Waals surface area (Å²) in [5, 5.41) is 1.48. The fraction of sp³-hybridized carbons (Fsp3) is 0. The highest BCUT2D eigenvalue weighted by atomic mass is 35.5. The number of rotatable bonds is 4. The van der Waals surface area contributed by atoms with Crippen LogP contribution in [0, 0.1) is 0 Å². The largest absolute Gasteiger partial charge is 0.577 e. The summed E-state index contributed by atoms with van der Waals surface area (Å²) in [6.45, 7) is 0. The van der Waals surface area contributed by atoms with E-state index in [1.54, 1.807) is 24.3 Å². The van der Waals surface area contributed by atoms with Gasteiger partial charge in [0, 0.05) is 0 Å². The molecule has 0 radical (unpaired) electrons. The zero-order valence-electron chi connectivity index (χ0n) is 7.41. The van der Waals surface area contributed by atoms with Crippen LogP contribution >= 0.6 is 45.9 Å². The highest BCUT2D eigenvalue weighted by Gasteiger charge is 2.03. The van der Waals surface area contributed by atoms with Crippen molar-refractivity contribution in [3.05, 3.63) is 32.9 Å². The molecule has 7 heteroatoms. The molecule has 0 atom stereocenters. The van der Waals surface area contributed by atoms with Crippen LogP contribution < -0.4 is 9.31 Å². The fourth-order valence-corrected chi connectivity index (χ4v) is 2.62. The molecule has 2 aromatic heterocycles. The van der Waals surface area contributed by atoms with Crippen LogP contribution in [0.2, 0.25) is 8.67 Å². The Labute approximate surface area is 106 Å². The molecule has 0 aliphatic rings. The molecule has 15 heavy (non-hydrogen) atoms. The summed E-state index contributed by atoms with van der Waals surface area (Å²) in [5.41, 5.74) is 0.